The molecule has 4 atom stereocenters. The van der Waals surface area contributed by atoms with Gasteiger partial charge >= 0.3 is 35.8 Å². The number of rotatable bonds is 6. The van der Waals surface area contributed by atoms with Crippen molar-refractivity contribution in [1.29, 1.82) is 0 Å². The molecule has 0 fully saturated rings. The molecule has 0 aromatic rings. The first kappa shape index (κ1) is 24.6. The van der Waals surface area contributed by atoms with E-state index in [2.05, 4.69) is 0 Å². The zero-order valence-corrected chi connectivity index (χ0v) is 18.2. The van der Waals surface area contributed by atoms with Crippen molar-refractivity contribution >= 4 is 35.8 Å². The van der Waals surface area contributed by atoms with Gasteiger partial charge in [-0.25, -0.2) is 9.59 Å². The van der Waals surface area contributed by atoms with Crippen LogP contribution in [0.3, 0.4) is 0 Å². The van der Waals surface area contributed by atoms with E-state index in [1.807, 2.05) is 0 Å². The maximum absolute atomic E-state index is 12.7. The molecule has 174 valence electrons. The van der Waals surface area contributed by atoms with E-state index in [4.69, 9.17) is 28.4 Å². The summed E-state index contributed by atoms with van der Waals surface area (Å²) in [5.41, 5.74) is -0.746. The van der Waals surface area contributed by atoms with Crippen LogP contribution < -0.4 is 0 Å². The molecule has 2 aliphatic carbocycles. The van der Waals surface area contributed by atoms with Crippen molar-refractivity contribution in [2.24, 2.45) is 23.7 Å². The van der Waals surface area contributed by atoms with Crippen molar-refractivity contribution in [3.63, 3.8) is 0 Å². The highest BCUT2D eigenvalue weighted by molar-refractivity contribution is 6.01. The van der Waals surface area contributed by atoms with Gasteiger partial charge in [-0.15, -0.1) is 0 Å². The number of carbonyl (C=O) groups is 6. The third-order valence-electron chi connectivity index (χ3n) is 5.10. The van der Waals surface area contributed by atoms with E-state index < -0.39 is 71.0 Å². The molecule has 0 aliphatic heterocycles. The average molecular weight is 454 g/mol. The minimum Gasteiger partial charge on any atom is -0.468 e. The van der Waals surface area contributed by atoms with Crippen molar-refractivity contribution < 1.29 is 57.2 Å². The second kappa shape index (κ2) is 9.62. The second-order valence-electron chi connectivity index (χ2n) is 6.78. The Balaban J connectivity index is 2.93. The molecule has 0 saturated carbocycles. The van der Waals surface area contributed by atoms with Crippen LogP contribution in [0.2, 0.25) is 0 Å². The highest BCUT2D eigenvalue weighted by atomic mass is 16.6. The fourth-order valence-corrected chi connectivity index (χ4v) is 4.10. The van der Waals surface area contributed by atoms with Crippen LogP contribution in [0.4, 0.5) is 0 Å². The van der Waals surface area contributed by atoms with Gasteiger partial charge in [-0.05, 0) is 0 Å². The van der Waals surface area contributed by atoms with Gasteiger partial charge in [-0.3, -0.25) is 19.2 Å². The van der Waals surface area contributed by atoms with E-state index in [-0.39, 0.29) is 11.1 Å². The van der Waals surface area contributed by atoms with Crippen LogP contribution in [0.1, 0.15) is 13.8 Å². The number of ether oxygens (including phenoxy) is 6. The van der Waals surface area contributed by atoms with Crippen LogP contribution >= 0.6 is 0 Å². The minimum atomic E-state index is -1.53. The lowest BCUT2D eigenvalue weighted by molar-refractivity contribution is -0.152. The summed E-state index contributed by atoms with van der Waals surface area (Å²) < 4.78 is 29.5. The van der Waals surface area contributed by atoms with Gasteiger partial charge in [-0.1, -0.05) is 0 Å². The number of fused-ring (bicyclic) bond motifs is 1. The van der Waals surface area contributed by atoms with Crippen molar-refractivity contribution in [3.05, 3.63) is 22.7 Å². The number of carbonyl (C=O) groups excluding carboxylic acids is 6. The fourth-order valence-electron chi connectivity index (χ4n) is 4.10. The first-order valence-electron chi connectivity index (χ1n) is 9.22. The van der Waals surface area contributed by atoms with Crippen molar-refractivity contribution in [1.82, 2.24) is 0 Å². The molecule has 2 aliphatic rings. The largest absolute Gasteiger partial charge is 0.468 e. The Bertz CT molecular complexity index is 864. The molecule has 0 bridgehead atoms. The number of methoxy groups -OCH3 is 4. The van der Waals surface area contributed by atoms with E-state index in [1.54, 1.807) is 0 Å². The molecule has 0 unspecified atom stereocenters. The Morgan fingerprint density at radius 1 is 0.562 bits per heavy atom. The van der Waals surface area contributed by atoms with Crippen molar-refractivity contribution in [3.8, 4) is 0 Å². The Labute approximate surface area is 182 Å². The quantitative estimate of drug-likeness (QED) is 0.385. The molecule has 32 heavy (non-hydrogen) atoms. The average Bonchev–Trinajstić information content (AvgIpc) is 3.21. The van der Waals surface area contributed by atoms with Crippen LogP contribution in [0, 0.1) is 23.7 Å². The van der Waals surface area contributed by atoms with Crippen LogP contribution in [-0.2, 0) is 57.2 Å². The smallest absolute Gasteiger partial charge is 0.337 e. The monoisotopic (exact) mass is 454 g/mol. The zero-order valence-electron chi connectivity index (χ0n) is 18.2. The number of esters is 6. The van der Waals surface area contributed by atoms with E-state index >= 15 is 0 Å². The summed E-state index contributed by atoms with van der Waals surface area (Å²) in [6.45, 7) is 2.06. The summed E-state index contributed by atoms with van der Waals surface area (Å²) in [4.78, 5) is 74.4. The first-order valence-corrected chi connectivity index (χ1v) is 9.22. The third kappa shape index (κ3) is 4.07. The van der Waals surface area contributed by atoms with E-state index in [0.29, 0.717) is 0 Å². The maximum Gasteiger partial charge on any atom is 0.337 e. The normalized spacial score (nSPS) is 23.8. The molecule has 12 heteroatoms. The second-order valence-corrected chi connectivity index (χ2v) is 6.78. The maximum atomic E-state index is 12.7. The summed E-state index contributed by atoms with van der Waals surface area (Å²) in [7, 11) is 4.15. The van der Waals surface area contributed by atoms with Gasteiger partial charge < -0.3 is 28.4 Å². The molecule has 12 nitrogen and oxygen atoms in total. The number of hydrogen-bond acceptors (Lipinski definition) is 12. The summed E-state index contributed by atoms with van der Waals surface area (Å²) >= 11 is 0. The van der Waals surface area contributed by atoms with Gasteiger partial charge in [-0.2, -0.15) is 0 Å². The third-order valence-corrected chi connectivity index (χ3v) is 5.10. The summed E-state index contributed by atoms with van der Waals surface area (Å²) in [5.74, 6) is -12.4. The summed E-state index contributed by atoms with van der Waals surface area (Å²) in [6.07, 6.45) is 0. The summed E-state index contributed by atoms with van der Waals surface area (Å²) in [5, 5.41) is 0. The van der Waals surface area contributed by atoms with Gasteiger partial charge in [0.2, 0.25) is 0 Å². The van der Waals surface area contributed by atoms with Crippen molar-refractivity contribution in [2.75, 3.05) is 28.4 Å². The van der Waals surface area contributed by atoms with Gasteiger partial charge in [0.05, 0.1) is 39.6 Å². The molecule has 0 radical (unpaired) electrons. The predicted molar refractivity (Wildman–Crippen MR) is 99.6 cm³/mol. The molecule has 0 spiro atoms. The molecule has 0 heterocycles. The molecule has 0 aromatic carbocycles. The van der Waals surface area contributed by atoms with Crippen molar-refractivity contribution in [2.45, 2.75) is 13.8 Å². The lowest BCUT2D eigenvalue weighted by atomic mass is 9.81. The molecule has 0 N–H and O–H groups in total. The Morgan fingerprint density at radius 3 is 1.09 bits per heavy atom. The molecule has 0 aromatic heterocycles. The highest BCUT2D eigenvalue weighted by Crippen LogP contribution is 2.57. The van der Waals surface area contributed by atoms with Crippen LogP contribution in [0.25, 0.3) is 0 Å². The Morgan fingerprint density at radius 2 is 0.875 bits per heavy atom. The first-order chi connectivity index (χ1) is 15.0. The SMILES string of the molecule is COC(=O)C1=C(OC(C)=O)[C@H](C(=O)OC)[C@H]2C(C(=O)OC)=C(OC(C)=O)[C@H](C(=O)OC)[C@@H]12. The van der Waals surface area contributed by atoms with Crippen LogP contribution in [0.15, 0.2) is 22.7 Å². The van der Waals surface area contributed by atoms with Crippen LogP contribution in [0.5, 0.6) is 0 Å². The topological polar surface area (TPSA) is 158 Å². The lowest BCUT2D eigenvalue weighted by Gasteiger charge is -2.22. The molecule has 2 rings (SSSR count). The van der Waals surface area contributed by atoms with E-state index in [0.717, 1.165) is 42.3 Å². The van der Waals surface area contributed by atoms with E-state index in [1.165, 1.54) is 0 Å². The van der Waals surface area contributed by atoms with Gasteiger partial charge in [0.25, 0.3) is 0 Å². The van der Waals surface area contributed by atoms with Gasteiger partial charge in [0.15, 0.2) is 0 Å². The van der Waals surface area contributed by atoms with Crippen LogP contribution in [-0.4, -0.2) is 64.3 Å². The lowest BCUT2D eigenvalue weighted by Crippen LogP contribution is -2.32. The Kier molecular flexibility index (Phi) is 7.39. The number of hydrogen-bond donors (Lipinski definition) is 0. The molecular formula is C20H22O12. The highest BCUT2D eigenvalue weighted by Gasteiger charge is 2.64. The predicted octanol–water partition coefficient (Wildman–Crippen LogP) is -0.195. The van der Waals surface area contributed by atoms with Gasteiger partial charge in [0, 0.05) is 25.7 Å². The minimum absolute atomic E-state index is 0.373. The fraction of sp³-hybridized carbons (Fsp3) is 0.500. The Hall–Kier alpha value is -3.70. The molecule has 0 amide bonds. The van der Waals surface area contributed by atoms with E-state index in [9.17, 15) is 28.8 Å². The zero-order chi connectivity index (χ0) is 24.3. The summed E-state index contributed by atoms with van der Waals surface area (Å²) in [6, 6.07) is 0. The van der Waals surface area contributed by atoms with Gasteiger partial charge in [0.1, 0.15) is 23.4 Å². The standard InChI is InChI=1S/C20H22O12/c1-7(21)31-15-11(17(23)27-3)9-10(12(15)18(24)28-4)14(20(26)30-6)16(32-8(2)22)13(9)19(25)29-5/h9-11,14H,1-6H3/t9-,10+,11+,14+/m0/s1. The molecular weight excluding hydrogens is 432 g/mol. The molecule has 0 saturated heterocycles.